The summed E-state index contributed by atoms with van der Waals surface area (Å²) in [6.07, 6.45) is 0. The number of nitrogens with one attached hydrogen (secondary N) is 1. The van der Waals surface area contributed by atoms with E-state index in [1.165, 1.54) is 28.0 Å². The van der Waals surface area contributed by atoms with Crippen LogP contribution in [0.3, 0.4) is 0 Å². The molecule has 0 saturated carbocycles. The van der Waals surface area contributed by atoms with Crippen molar-refractivity contribution in [2.45, 2.75) is 33.6 Å². The zero-order valence-electron chi connectivity index (χ0n) is 17.2. The van der Waals surface area contributed by atoms with E-state index in [0.29, 0.717) is 28.9 Å². The van der Waals surface area contributed by atoms with Gasteiger partial charge in [0.25, 0.3) is 0 Å². The lowest BCUT2D eigenvalue weighted by Crippen LogP contribution is -2.26. The van der Waals surface area contributed by atoms with Crippen molar-refractivity contribution in [3.8, 4) is 11.3 Å². The van der Waals surface area contributed by atoms with Gasteiger partial charge in [0.1, 0.15) is 16.6 Å². The number of hydrogen-bond donors (Lipinski definition) is 2. The predicted octanol–water partition coefficient (Wildman–Crippen LogP) is 6.32. The van der Waals surface area contributed by atoms with Gasteiger partial charge in [-0.3, -0.25) is 5.41 Å². The molecule has 148 valence electrons. The van der Waals surface area contributed by atoms with Crippen LogP contribution in [0.4, 0.5) is 5.69 Å². The van der Waals surface area contributed by atoms with E-state index in [2.05, 4.69) is 58.0 Å². The Labute approximate surface area is 175 Å². The van der Waals surface area contributed by atoms with Gasteiger partial charge < -0.3 is 10.0 Å². The maximum Gasteiger partial charge on any atom is 0.139 e. The average molecular weight is 404 g/mol. The van der Waals surface area contributed by atoms with E-state index >= 15 is 0 Å². The number of aliphatic hydroxyl groups is 1. The van der Waals surface area contributed by atoms with Crippen LogP contribution < -0.4 is 4.90 Å². The SMILES string of the molecule is Cc1ccc(-c2csc(C3=C(O)CN(c4ccc(C(C)C)cc4)C3=N)n2)cc1C. The molecule has 2 aromatic carbocycles. The van der Waals surface area contributed by atoms with Crippen LogP contribution in [-0.2, 0) is 0 Å². The highest BCUT2D eigenvalue weighted by molar-refractivity contribution is 7.11. The molecule has 0 atom stereocenters. The Kier molecular flexibility index (Phi) is 5.01. The topological polar surface area (TPSA) is 60.2 Å². The van der Waals surface area contributed by atoms with Crippen LogP contribution in [0, 0.1) is 19.3 Å². The first-order valence-corrected chi connectivity index (χ1v) is 10.6. The molecular formula is C24H25N3OS. The first-order valence-electron chi connectivity index (χ1n) is 9.77. The standard InChI is InChI=1S/C24H25N3OS/c1-14(2)17-7-9-19(10-8-17)27-12-21(28)22(23(27)25)24-26-20(13-29-24)18-6-5-15(3)16(4)11-18/h5-11,13-14,25,28H,12H2,1-4H3. The van der Waals surface area contributed by atoms with Gasteiger partial charge in [0.05, 0.1) is 17.8 Å². The van der Waals surface area contributed by atoms with Crippen molar-refractivity contribution >= 4 is 28.4 Å². The Morgan fingerprint density at radius 1 is 1.07 bits per heavy atom. The first kappa shape index (κ1) is 19.4. The summed E-state index contributed by atoms with van der Waals surface area (Å²) >= 11 is 1.47. The van der Waals surface area contributed by atoms with Crippen molar-refractivity contribution in [3.63, 3.8) is 0 Å². The van der Waals surface area contributed by atoms with Gasteiger partial charge in [0.2, 0.25) is 0 Å². The molecule has 0 fully saturated rings. The molecule has 3 aromatic rings. The Morgan fingerprint density at radius 2 is 1.79 bits per heavy atom. The summed E-state index contributed by atoms with van der Waals surface area (Å²) in [7, 11) is 0. The van der Waals surface area contributed by atoms with E-state index < -0.39 is 0 Å². The highest BCUT2D eigenvalue weighted by Crippen LogP contribution is 2.35. The van der Waals surface area contributed by atoms with Crippen LogP contribution in [0.1, 0.15) is 41.5 Å². The molecule has 5 heteroatoms. The molecule has 1 aliphatic heterocycles. The molecule has 29 heavy (non-hydrogen) atoms. The van der Waals surface area contributed by atoms with E-state index in [4.69, 9.17) is 10.4 Å². The molecule has 0 bridgehead atoms. The molecule has 0 amide bonds. The molecular weight excluding hydrogens is 378 g/mol. The van der Waals surface area contributed by atoms with E-state index in [0.717, 1.165) is 16.9 Å². The van der Waals surface area contributed by atoms with E-state index in [-0.39, 0.29) is 5.76 Å². The van der Waals surface area contributed by atoms with Gasteiger partial charge in [0.15, 0.2) is 0 Å². The fraction of sp³-hybridized carbons (Fsp3) is 0.250. The molecule has 1 aliphatic rings. The number of benzene rings is 2. The molecule has 0 radical (unpaired) electrons. The van der Waals surface area contributed by atoms with E-state index in [1.54, 1.807) is 0 Å². The zero-order chi connectivity index (χ0) is 20.7. The Balaban J connectivity index is 1.61. The highest BCUT2D eigenvalue weighted by Gasteiger charge is 2.31. The summed E-state index contributed by atoms with van der Waals surface area (Å²) in [5, 5.41) is 21.9. The molecule has 0 unspecified atom stereocenters. The predicted molar refractivity (Wildman–Crippen MR) is 122 cm³/mol. The third kappa shape index (κ3) is 3.58. The van der Waals surface area contributed by atoms with Crippen LogP contribution in [0.2, 0.25) is 0 Å². The Morgan fingerprint density at radius 3 is 2.45 bits per heavy atom. The summed E-state index contributed by atoms with van der Waals surface area (Å²) in [6, 6.07) is 14.5. The fourth-order valence-corrected chi connectivity index (χ4v) is 4.38. The summed E-state index contributed by atoms with van der Waals surface area (Å²) in [5.41, 5.74) is 7.10. The number of anilines is 1. The Hall–Kier alpha value is -2.92. The largest absolute Gasteiger partial charge is 0.510 e. The van der Waals surface area contributed by atoms with Crippen LogP contribution in [0.5, 0.6) is 0 Å². The monoisotopic (exact) mass is 403 g/mol. The van der Waals surface area contributed by atoms with Gasteiger partial charge >= 0.3 is 0 Å². The van der Waals surface area contributed by atoms with Gasteiger partial charge in [-0.2, -0.15) is 0 Å². The van der Waals surface area contributed by atoms with Crippen molar-refractivity contribution in [2.75, 3.05) is 11.4 Å². The van der Waals surface area contributed by atoms with Gasteiger partial charge in [-0.1, -0.05) is 38.1 Å². The lowest BCUT2D eigenvalue weighted by molar-refractivity contribution is 0.411. The number of rotatable bonds is 4. The van der Waals surface area contributed by atoms with Crippen molar-refractivity contribution in [2.24, 2.45) is 0 Å². The molecule has 0 aliphatic carbocycles. The normalized spacial score (nSPS) is 14.4. The number of thiazole rings is 1. The van der Waals surface area contributed by atoms with Crippen molar-refractivity contribution in [3.05, 3.63) is 75.3 Å². The molecule has 4 rings (SSSR count). The Bertz CT molecular complexity index is 1110. The maximum atomic E-state index is 10.6. The van der Waals surface area contributed by atoms with Gasteiger partial charge in [-0.25, -0.2) is 4.98 Å². The van der Waals surface area contributed by atoms with Crippen molar-refractivity contribution in [1.29, 1.82) is 5.41 Å². The maximum absolute atomic E-state index is 10.6. The van der Waals surface area contributed by atoms with Crippen molar-refractivity contribution < 1.29 is 5.11 Å². The van der Waals surface area contributed by atoms with Gasteiger partial charge in [-0.15, -0.1) is 11.3 Å². The molecule has 2 heterocycles. The van der Waals surface area contributed by atoms with E-state index in [1.807, 2.05) is 22.4 Å². The molecule has 4 nitrogen and oxygen atoms in total. The number of aliphatic hydroxyl groups excluding tert-OH is 1. The lowest BCUT2D eigenvalue weighted by Gasteiger charge is -2.19. The minimum atomic E-state index is 0.198. The zero-order valence-corrected chi connectivity index (χ0v) is 18.0. The van der Waals surface area contributed by atoms with Crippen LogP contribution in [0.15, 0.2) is 53.6 Å². The first-order chi connectivity index (χ1) is 13.8. The summed E-state index contributed by atoms with van der Waals surface area (Å²) < 4.78 is 0. The fourth-order valence-electron chi connectivity index (χ4n) is 3.49. The summed E-state index contributed by atoms with van der Waals surface area (Å²) in [6.45, 7) is 8.81. The second-order valence-electron chi connectivity index (χ2n) is 7.84. The number of hydrogen-bond acceptors (Lipinski definition) is 4. The third-order valence-corrected chi connectivity index (χ3v) is 6.36. The molecule has 1 aromatic heterocycles. The average Bonchev–Trinajstić information content (AvgIpc) is 3.28. The van der Waals surface area contributed by atoms with E-state index in [9.17, 15) is 5.11 Å². The number of nitrogens with zero attached hydrogens (tertiary/aromatic N) is 2. The van der Waals surface area contributed by atoms with Crippen LogP contribution in [0.25, 0.3) is 16.8 Å². The second kappa shape index (κ2) is 7.48. The van der Waals surface area contributed by atoms with Gasteiger partial charge in [0, 0.05) is 16.6 Å². The second-order valence-corrected chi connectivity index (χ2v) is 8.70. The quantitative estimate of drug-likeness (QED) is 0.536. The van der Waals surface area contributed by atoms with Crippen LogP contribution in [-0.4, -0.2) is 22.5 Å². The van der Waals surface area contributed by atoms with Gasteiger partial charge in [-0.05, 0) is 54.7 Å². The molecule has 0 saturated heterocycles. The van der Waals surface area contributed by atoms with Crippen LogP contribution >= 0.6 is 11.3 Å². The number of aryl methyl sites for hydroxylation is 2. The minimum absolute atomic E-state index is 0.198. The molecule has 0 spiro atoms. The molecule has 2 N–H and O–H groups in total. The van der Waals surface area contributed by atoms with Crippen molar-refractivity contribution in [1.82, 2.24) is 4.98 Å². The summed E-state index contributed by atoms with van der Waals surface area (Å²) in [4.78, 5) is 6.56. The third-order valence-electron chi connectivity index (χ3n) is 5.50. The minimum Gasteiger partial charge on any atom is -0.510 e. The number of amidine groups is 1. The number of aromatic nitrogens is 1. The smallest absolute Gasteiger partial charge is 0.139 e. The highest BCUT2D eigenvalue weighted by atomic mass is 32.1. The lowest BCUT2D eigenvalue weighted by atomic mass is 10.0. The summed E-state index contributed by atoms with van der Waals surface area (Å²) in [5.74, 6) is 0.952.